The number of benzene rings is 1. The number of carbonyl (C=O) groups is 1. The van der Waals surface area contributed by atoms with E-state index in [2.05, 4.69) is 0 Å². The molecule has 4 nitrogen and oxygen atoms in total. The Bertz CT molecular complexity index is 468. The molecule has 0 aliphatic carbocycles. The fraction of sp³-hybridized carbons (Fsp3) is 0.462. The van der Waals surface area contributed by atoms with E-state index in [0.29, 0.717) is 16.9 Å². The first kappa shape index (κ1) is 12.1. The Labute approximate surface area is 100 Å². The smallest absolute Gasteiger partial charge is 0.160 e. The number of aliphatic hydroxyl groups is 1. The van der Waals surface area contributed by atoms with Gasteiger partial charge >= 0.3 is 0 Å². The molecule has 0 saturated carbocycles. The molecule has 1 aliphatic heterocycles. The zero-order chi connectivity index (χ0) is 12.8. The number of hydrogen-bond donors (Lipinski definition) is 2. The highest BCUT2D eigenvalue weighted by Gasteiger charge is 2.42. The van der Waals surface area contributed by atoms with E-state index in [1.807, 2.05) is 0 Å². The Hall–Kier alpha value is -1.39. The molecule has 3 N–H and O–H groups in total. The number of rotatable bonds is 1. The van der Waals surface area contributed by atoms with Crippen molar-refractivity contribution in [2.75, 3.05) is 0 Å². The van der Waals surface area contributed by atoms with Gasteiger partial charge in [0.2, 0.25) is 0 Å². The Morgan fingerprint density at radius 1 is 1.47 bits per heavy atom. The highest BCUT2D eigenvalue weighted by atomic mass is 16.5. The van der Waals surface area contributed by atoms with Crippen LogP contribution in [0.5, 0.6) is 5.75 Å². The van der Waals surface area contributed by atoms with Crippen molar-refractivity contribution in [3.8, 4) is 5.75 Å². The molecule has 1 aromatic rings. The van der Waals surface area contributed by atoms with E-state index in [-0.39, 0.29) is 5.78 Å². The maximum Gasteiger partial charge on any atom is 0.160 e. The molecule has 0 unspecified atom stereocenters. The van der Waals surface area contributed by atoms with Gasteiger partial charge in [-0.3, -0.25) is 4.79 Å². The summed E-state index contributed by atoms with van der Waals surface area (Å²) in [6.07, 6.45) is -0.838. The van der Waals surface area contributed by atoms with E-state index in [1.54, 1.807) is 32.0 Å². The lowest BCUT2D eigenvalue weighted by Gasteiger charge is -2.41. The highest BCUT2D eigenvalue weighted by molar-refractivity contribution is 5.96. The lowest BCUT2D eigenvalue weighted by atomic mass is 9.84. The summed E-state index contributed by atoms with van der Waals surface area (Å²) in [6, 6.07) is 4.63. The number of ketones is 1. The molecule has 0 amide bonds. The van der Waals surface area contributed by atoms with Crippen LogP contribution in [0.1, 0.15) is 42.7 Å². The van der Waals surface area contributed by atoms with Crippen molar-refractivity contribution in [1.29, 1.82) is 0 Å². The maximum atomic E-state index is 11.5. The monoisotopic (exact) mass is 235 g/mol. The van der Waals surface area contributed by atoms with Crippen molar-refractivity contribution in [2.24, 2.45) is 5.73 Å². The van der Waals surface area contributed by atoms with Crippen LogP contribution in [0.15, 0.2) is 18.2 Å². The van der Waals surface area contributed by atoms with Crippen LogP contribution in [0.2, 0.25) is 0 Å². The molecule has 0 spiro atoms. The Morgan fingerprint density at radius 2 is 2.12 bits per heavy atom. The van der Waals surface area contributed by atoms with E-state index >= 15 is 0 Å². The molecule has 1 heterocycles. The van der Waals surface area contributed by atoms with Crippen LogP contribution in [0.3, 0.4) is 0 Å². The third-order valence-corrected chi connectivity index (χ3v) is 3.20. The molecule has 2 atom stereocenters. The van der Waals surface area contributed by atoms with Crippen LogP contribution >= 0.6 is 0 Å². The minimum Gasteiger partial charge on any atom is -0.485 e. The van der Waals surface area contributed by atoms with Crippen LogP contribution < -0.4 is 10.5 Å². The summed E-state index contributed by atoms with van der Waals surface area (Å²) in [4.78, 5) is 11.5. The van der Waals surface area contributed by atoms with Crippen molar-refractivity contribution < 1.29 is 14.6 Å². The summed E-state index contributed by atoms with van der Waals surface area (Å²) in [5.74, 6) is 0.508. The molecule has 2 rings (SSSR count). The minimum atomic E-state index is -0.838. The average molecular weight is 235 g/mol. The fourth-order valence-corrected chi connectivity index (χ4v) is 2.22. The van der Waals surface area contributed by atoms with Gasteiger partial charge in [-0.2, -0.15) is 0 Å². The van der Waals surface area contributed by atoms with Gasteiger partial charge in [0.1, 0.15) is 17.5 Å². The predicted octanol–water partition coefficient (Wildman–Crippen LogP) is 1.42. The van der Waals surface area contributed by atoms with Gasteiger partial charge in [0.05, 0.1) is 6.04 Å². The average Bonchev–Trinajstić information content (AvgIpc) is 2.24. The molecule has 1 aliphatic rings. The number of fused-ring (bicyclic) bond motifs is 1. The normalized spacial score (nSPS) is 25.9. The lowest BCUT2D eigenvalue weighted by Crippen LogP contribution is -2.51. The summed E-state index contributed by atoms with van der Waals surface area (Å²) in [5, 5.41) is 10.1. The second kappa shape index (κ2) is 3.82. The van der Waals surface area contributed by atoms with Crippen LogP contribution in [-0.4, -0.2) is 22.6 Å². The van der Waals surface area contributed by atoms with E-state index in [0.717, 1.165) is 0 Å². The van der Waals surface area contributed by atoms with Gasteiger partial charge in [0, 0.05) is 11.1 Å². The summed E-state index contributed by atoms with van der Waals surface area (Å²) < 4.78 is 5.71. The van der Waals surface area contributed by atoms with Crippen molar-refractivity contribution in [3.05, 3.63) is 29.3 Å². The van der Waals surface area contributed by atoms with Gasteiger partial charge in [-0.25, -0.2) is 0 Å². The molecule has 0 radical (unpaired) electrons. The summed E-state index contributed by atoms with van der Waals surface area (Å²) in [5.41, 5.74) is 6.40. The van der Waals surface area contributed by atoms with Crippen LogP contribution in [0, 0.1) is 0 Å². The Morgan fingerprint density at radius 3 is 2.71 bits per heavy atom. The molecule has 4 heteroatoms. The van der Waals surface area contributed by atoms with Gasteiger partial charge in [-0.05, 0) is 26.8 Å². The van der Waals surface area contributed by atoms with Crippen molar-refractivity contribution in [1.82, 2.24) is 0 Å². The Kier molecular flexibility index (Phi) is 2.72. The Balaban J connectivity index is 2.61. The number of aliphatic hydroxyl groups excluding tert-OH is 1. The molecule has 0 aromatic heterocycles. The quantitative estimate of drug-likeness (QED) is 0.722. The first-order valence-corrected chi connectivity index (χ1v) is 5.61. The van der Waals surface area contributed by atoms with Gasteiger partial charge in [-0.15, -0.1) is 0 Å². The SMILES string of the molecule is CC(=O)c1cccc2c1[C@H](N)[C@@H](O)C(C)(C)O2. The van der Waals surface area contributed by atoms with Crippen LogP contribution in [-0.2, 0) is 0 Å². The highest BCUT2D eigenvalue weighted by Crippen LogP contribution is 2.40. The second-order valence-electron chi connectivity index (χ2n) is 4.95. The second-order valence-corrected chi connectivity index (χ2v) is 4.95. The molecule has 0 saturated heterocycles. The topological polar surface area (TPSA) is 72.6 Å². The minimum absolute atomic E-state index is 0.0761. The largest absolute Gasteiger partial charge is 0.485 e. The van der Waals surface area contributed by atoms with Crippen molar-refractivity contribution in [2.45, 2.75) is 38.5 Å². The van der Waals surface area contributed by atoms with E-state index in [9.17, 15) is 9.90 Å². The van der Waals surface area contributed by atoms with E-state index in [1.165, 1.54) is 6.92 Å². The van der Waals surface area contributed by atoms with Gasteiger partial charge in [-0.1, -0.05) is 12.1 Å². The fourth-order valence-electron chi connectivity index (χ4n) is 2.22. The first-order chi connectivity index (χ1) is 7.84. The molecule has 17 heavy (non-hydrogen) atoms. The van der Waals surface area contributed by atoms with E-state index in [4.69, 9.17) is 10.5 Å². The third-order valence-electron chi connectivity index (χ3n) is 3.20. The van der Waals surface area contributed by atoms with E-state index < -0.39 is 17.7 Å². The summed E-state index contributed by atoms with van der Waals surface area (Å²) >= 11 is 0. The lowest BCUT2D eigenvalue weighted by molar-refractivity contribution is -0.0573. The molecule has 0 fully saturated rings. The first-order valence-electron chi connectivity index (χ1n) is 5.61. The number of ether oxygens (including phenoxy) is 1. The molecule has 0 bridgehead atoms. The summed E-state index contributed by atoms with van der Waals surface area (Å²) in [7, 11) is 0. The number of hydrogen-bond acceptors (Lipinski definition) is 4. The predicted molar refractivity (Wildman–Crippen MR) is 64.1 cm³/mol. The maximum absolute atomic E-state index is 11.5. The van der Waals surface area contributed by atoms with Gasteiger partial charge in [0.25, 0.3) is 0 Å². The summed E-state index contributed by atoms with van der Waals surface area (Å²) in [6.45, 7) is 5.04. The molecule has 1 aromatic carbocycles. The zero-order valence-corrected chi connectivity index (χ0v) is 10.2. The number of Topliss-reactive ketones (excluding diaryl/α,β-unsaturated/α-hetero) is 1. The third kappa shape index (κ3) is 1.83. The van der Waals surface area contributed by atoms with Crippen LogP contribution in [0.4, 0.5) is 0 Å². The van der Waals surface area contributed by atoms with Gasteiger partial charge in [0.15, 0.2) is 5.78 Å². The molecular formula is C13H17NO3. The molecular weight excluding hydrogens is 218 g/mol. The van der Waals surface area contributed by atoms with Crippen LogP contribution in [0.25, 0.3) is 0 Å². The molecule has 92 valence electrons. The number of nitrogens with two attached hydrogens (primary N) is 1. The number of carbonyl (C=O) groups excluding carboxylic acids is 1. The van der Waals surface area contributed by atoms with Crippen molar-refractivity contribution in [3.63, 3.8) is 0 Å². The standard InChI is InChI=1S/C13H17NO3/c1-7(15)8-5-4-6-9-10(8)11(14)12(16)13(2,3)17-9/h4-6,11-12,16H,14H2,1-3H3/t11-,12+/m0/s1. The van der Waals surface area contributed by atoms with Crippen molar-refractivity contribution >= 4 is 5.78 Å². The zero-order valence-electron chi connectivity index (χ0n) is 10.2. The van der Waals surface area contributed by atoms with Gasteiger partial charge < -0.3 is 15.6 Å².